The highest BCUT2D eigenvalue weighted by molar-refractivity contribution is 6.30. The minimum atomic E-state index is -0.655. The van der Waals surface area contributed by atoms with E-state index in [1.54, 1.807) is 0 Å². The lowest BCUT2D eigenvalue weighted by Crippen LogP contribution is -2.30. The number of carboxylic acid groups (broad SMARTS) is 1. The van der Waals surface area contributed by atoms with Crippen molar-refractivity contribution in [1.29, 1.82) is 0 Å². The van der Waals surface area contributed by atoms with Gasteiger partial charge in [0, 0.05) is 11.4 Å². The molecule has 2 unspecified atom stereocenters. The quantitative estimate of drug-likeness (QED) is 0.105. The van der Waals surface area contributed by atoms with E-state index < -0.39 is 16.8 Å². The molecule has 0 saturated heterocycles. The molecule has 0 bridgehead atoms. The van der Waals surface area contributed by atoms with Gasteiger partial charge < -0.3 is 9.84 Å². The number of carbonyl (C=O) groups excluding carboxylic acids is 1. The van der Waals surface area contributed by atoms with Gasteiger partial charge in [0.15, 0.2) is 0 Å². The molecule has 1 N–H and O–H groups in total. The van der Waals surface area contributed by atoms with Gasteiger partial charge in [-0.1, -0.05) is 98.7 Å². The van der Waals surface area contributed by atoms with E-state index in [2.05, 4.69) is 24.3 Å². The number of ether oxygens (including phenoxy) is 1. The zero-order chi connectivity index (χ0) is 27.8. The van der Waals surface area contributed by atoms with Crippen LogP contribution in [0, 0.1) is 10.8 Å². The van der Waals surface area contributed by atoms with Crippen molar-refractivity contribution in [2.24, 2.45) is 10.8 Å². The normalized spacial score (nSPS) is 22.2. The van der Waals surface area contributed by atoms with E-state index in [1.165, 1.54) is 25.7 Å². The molecular weight excluding hydrogens is 508 g/mol. The van der Waals surface area contributed by atoms with Crippen LogP contribution in [-0.4, -0.2) is 23.7 Å². The Morgan fingerprint density at radius 1 is 0.795 bits per heavy atom. The van der Waals surface area contributed by atoms with Crippen molar-refractivity contribution in [3.8, 4) is 0 Å². The Hall–Kier alpha value is -2.33. The van der Waals surface area contributed by atoms with Gasteiger partial charge in [0.25, 0.3) is 0 Å². The van der Waals surface area contributed by atoms with E-state index in [1.807, 2.05) is 36.4 Å². The van der Waals surface area contributed by atoms with Crippen molar-refractivity contribution in [2.75, 3.05) is 6.61 Å². The summed E-state index contributed by atoms with van der Waals surface area (Å²) in [5.74, 6) is -0.720. The number of carboxylic acids is 1. The fourth-order valence-corrected chi connectivity index (χ4v) is 5.97. The number of hydrogen-bond acceptors (Lipinski definition) is 3. The lowest BCUT2D eigenvalue weighted by molar-refractivity contribution is -0.153. The van der Waals surface area contributed by atoms with E-state index in [-0.39, 0.29) is 5.97 Å². The predicted molar refractivity (Wildman–Crippen MR) is 160 cm³/mol. The Morgan fingerprint density at radius 2 is 1.33 bits per heavy atom. The first kappa shape index (κ1) is 31.2. The fourth-order valence-electron chi connectivity index (χ4n) is 5.84. The summed E-state index contributed by atoms with van der Waals surface area (Å²) in [6, 6.07) is 7.69. The number of rotatable bonds is 19. The Labute approximate surface area is 240 Å². The van der Waals surface area contributed by atoms with Crippen LogP contribution in [0.25, 0.3) is 0 Å². The third-order valence-electron chi connectivity index (χ3n) is 8.41. The summed E-state index contributed by atoms with van der Waals surface area (Å²) in [5, 5.41) is 10.2. The van der Waals surface area contributed by atoms with E-state index >= 15 is 0 Å². The molecule has 0 aliphatic heterocycles. The van der Waals surface area contributed by atoms with Crippen LogP contribution in [0.3, 0.4) is 0 Å². The molecule has 0 saturated carbocycles. The van der Waals surface area contributed by atoms with E-state index in [4.69, 9.17) is 16.3 Å². The van der Waals surface area contributed by atoms with E-state index in [0.29, 0.717) is 13.0 Å². The summed E-state index contributed by atoms with van der Waals surface area (Å²) in [4.78, 5) is 24.5. The summed E-state index contributed by atoms with van der Waals surface area (Å²) in [6.07, 6.45) is 29.9. The smallest absolute Gasteiger partial charge is 0.315 e. The third-order valence-corrected chi connectivity index (χ3v) is 8.66. The lowest BCUT2D eigenvalue weighted by Gasteiger charge is -2.25. The van der Waals surface area contributed by atoms with Crippen LogP contribution in [0.1, 0.15) is 108 Å². The van der Waals surface area contributed by atoms with Crippen molar-refractivity contribution in [3.63, 3.8) is 0 Å². The number of carbonyl (C=O) groups is 2. The number of esters is 1. The van der Waals surface area contributed by atoms with Crippen molar-refractivity contribution in [3.05, 3.63) is 71.3 Å². The summed E-state index contributed by atoms with van der Waals surface area (Å²) >= 11 is 5.94. The zero-order valence-electron chi connectivity index (χ0n) is 23.6. The molecule has 0 heterocycles. The first-order chi connectivity index (χ1) is 19.0. The second-order valence-corrected chi connectivity index (χ2v) is 11.8. The number of benzene rings is 1. The SMILES string of the molecule is O=C(O)C1(CCCCCC/C=C\CCCCCCC2(C(=O)OCCc3ccc(Cl)cc3)C=CCC2)C=CCC1. The number of halogens is 1. The number of hydrogen-bond donors (Lipinski definition) is 1. The summed E-state index contributed by atoms with van der Waals surface area (Å²) in [5.41, 5.74) is 0.109. The molecule has 2 aliphatic carbocycles. The Kier molecular flexibility index (Phi) is 13.4. The molecule has 0 aromatic heterocycles. The predicted octanol–water partition coefficient (Wildman–Crippen LogP) is 9.42. The van der Waals surface area contributed by atoms with Crippen LogP contribution >= 0.6 is 11.6 Å². The third kappa shape index (κ3) is 10.3. The maximum absolute atomic E-state index is 12.9. The highest BCUT2D eigenvalue weighted by Gasteiger charge is 2.39. The van der Waals surface area contributed by atoms with Crippen molar-refractivity contribution < 1.29 is 19.4 Å². The molecule has 2 atom stereocenters. The van der Waals surface area contributed by atoms with Gasteiger partial charge in [0.2, 0.25) is 0 Å². The van der Waals surface area contributed by atoms with Crippen LogP contribution < -0.4 is 0 Å². The highest BCUT2D eigenvalue weighted by atomic mass is 35.5. The Balaban J connectivity index is 1.19. The van der Waals surface area contributed by atoms with Crippen molar-refractivity contribution in [1.82, 2.24) is 0 Å². The molecule has 0 fully saturated rings. The average molecular weight is 555 g/mol. The van der Waals surface area contributed by atoms with Crippen LogP contribution in [0.4, 0.5) is 0 Å². The highest BCUT2D eigenvalue weighted by Crippen LogP contribution is 2.39. The largest absolute Gasteiger partial charge is 0.481 e. The van der Waals surface area contributed by atoms with Crippen LogP contribution in [-0.2, 0) is 20.7 Å². The minimum absolute atomic E-state index is 0.0649. The van der Waals surface area contributed by atoms with E-state index in [9.17, 15) is 14.7 Å². The van der Waals surface area contributed by atoms with Crippen molar-refractivity contribution in [2.45, 2.75) is 109 Å². The van der Waals surface area contributed by atoms with Gasteiger partial charge in [-0.05, 0) is 81.9 Å². The van der Waals surface area contributed by atoms with Gasteiger partial charge in [-0.2, -0.15) is 0 Å². The molecule has 1 aromatic rings. The van der Waals surface area contributed by atoms with Gasteiger partial charge in [0.05, 0.1) is 17.4 Å². The summed E-state index contributed by atoms with van der Waals surface area (Å²) in [6.45, 7) is 0.408. The molecule has 0 spiro atoms. The molecule has 5 heteroatoms. The minimum Gasteiger partial charge on any atom is -0.481 e. The molecule has 39 heavy (non-hydrogen) atoms. The molecule has 214 valence electrons. The number of unbranched alkanes of at least 4 members (excludes halogenated alkanes) is 8. The topological polar surface area (TPSA) is 63.6 Å². The van der Waals surface area contributed by atoms with E-state index in [0.717, 1.165) is 87.6 Å². The number of aliphatic carboxylic acids is 1. The maximum Gasteiger partial charge on any atom is 0.315 e. The Morgan fingerprint density at radius 3 is 1.87 bits per heavy atom. The molecule has 3 rings (SSSR count). The monoisotopic (exact) mass is 554 g/mol. The molecular formula is C34H47ClO4. The van der Waals surface area contributed by atoms with Crippen LogP contribution in [0.5, 0.6) is 0 Å². The summed E-state index contributed by atoms with van der Waals surface area (Å²) in [7, 11) is 0. The second-order valence-electron chi connectivity index (χ2n) is 11.4. The lowest BCUT2D eigenvalue weighted by atomic mass is 9.82. The van der Waals surface area contributed by atoms with Crippen LogP contribution in [0.2, 0.25) is 5.02 Å². The fraction of sp³-hybridized carbons (Fsp3) is 0.588. The van der Waals surface area contributed by atoms with Gasteiger partial charge in [-0.25, -0.2) is 0 Å². The zero-order valence-corrected chi connectivity index (χ0v) is 24.3. The van der Waals surface area contributed by atoms with Gasteiger partial charge in [-0.15, -0.1) is 0 Å². The molecule has 0 radical (unpaired) electrons. The summed E-state index contributed by atoms with van der Waals surface area (Å²) < 4.78 is 5.71. The first-order valence-corrected chi connectivity index (χ1v) is 15.5. The van der Waals surface area contributed by atoms with Crippen molar-refractivity contribution >= 4 is 23.5 Å². The first-order valence-electron chi connectivity index (χ1n) is 15.1. The molecule has 0 amide bonds. The maximum atomic E-state index is 12.9. The average Bonchev–Trinajstić information content (AvgIpc) is 3.61. The van der Waals surface area contributed by atoms with Gasteiger partial charge in [-0.3, -0.25) is 9.59 Å². The second kappa shape index (κ2) is 16.7. The van der Waals surface area contributed by atoms with Gasteiger partial charge in [0.1, 0.15) is 0 Å². The van der Waals surface area contributed by atoms with Gasteiger partial charge >= 0.3 is 11.9 Å². The Bertz CT molecular complexity index is 979. The molecule has 4 nitrogen and oxygen atoms in total. The van der Waals surface area contributed by atoms with Crippen LogP contribution in [0.15, 0.2) is 60.7 Å². The molecule has 1 aromatic carbocycles. The number of allylic oxidation sites excluding steroid dienone is 4. The standard InChI is InChI=1S/C34H47ClO4/c35-30-19-17-29(18-20-30)21-28-39-32(38)34(26-15-16-27-34)25-12-10-8-6-4-2-1-3-5-7-9-11-22-33(31(36)37)23-13-14-24-33/h1-2,13,15,17-20,23,26H,3-12,14,16,21-22,24-25,27-28H2,(H,36,37)/b2-1-. The molecule has 2 aliphatic rings.